The first kappa shape index (κ1) is 19.9. The van der Waals surface area contributed by atoms with Crippen LogP contribution in [-0.4, -0.2) is 45.4 Å². The Bertz CT molecular complexity index is 628. The van der Waals surface area contributed by atoms with Crippen LogP contribution in [0.3, 0.4) is 0 Å². The highest BCUT2D eigenvalue weighted by atomic mass is 35.5. The number of sulfonamides is 1. The molecule has 0 spiro atoms. The molecule has 0 bridgehead atoms. The molecular formula is C15H23ClN2O4S. The Morgan fingerprint density at radius 3 is 2.48 bits per heavy atom. The number of ether oxygens (including phenoxy) is 1. The van der Waals surface area contributed by atoms with E-state index in [1.54, 1.807) is 24.3 Å². The molecule has 0 saturated carbocycles. The maximum Gasteiger partial charge on any atom is 0.338 e. The summed E-state index contributed by atoms with van der Waals surface area (Å²) in [5.74, 6) is -0.313. The maximum absolute atomic E-state index is 12.6. The number of halogens is 1. The van der Waals surface area contributed by atoms with Gasteiger partial charge in [0.1, 0.15) is 0 Å². The summed E-state index contributed by atoms with van der Waals surface area (Å²) in [6.07, 6.45) is 1.57. The summed E-state index contributed by atoms with van der Waals surface area (Å²) in [6.45, 7) is 1.58. The minimum atomic E-state index is -3.45. The number of esters is 1. The van der Waals surface area contributed by atoms with E-state index in [-0.39, 0.29) is 18.2 Å². The average Bonchev–Trinajstić information content (AvgIpc) is 2.54. The zero-order valence-corrected chi connectivity index (χ0v) is 14.7. The molecule has 1 aliphatic heterocycles. The largest absolute Gasteiger partial charge is 0.465 e. The molecule has 1 aromatic rings. The van der Waals surface area contributed by atoms with Gasteiger partial charge in [-0.25, -0.2) is 17.5 Å². The van der Waals surface area contributed by atoms with Crippen molar-refractivity contribution in [2.24, 2.45) is 11.7 Å². The minimum absolute atomic E-state index is 0. The Morgan fingerprint density at radius 2 is 1.91 bits per heavy atom. The van der Waals surface area contributed by atoms with Crippen LogP contribution in [0.2, 0.25) is 0 Å². The molecule has 1 fully saturated rings. The number of piperidine rings is 1. The molecule has 0 radical (unpaired) electrons. The van der Waals surface area contributed by atoms with E-state index in [2.05, 4.69) is 0 Å². The van der Waals surface area contributed by atoms with Gasteiger partial charge in [-0.1, -0.05) is 18.2 Å². The summed E-state index contributed by atoms with van der Waals surface area (Å²) in [5, 5.41) is 0. The number of benzene rings is 1. The second-order valence-electron chi connectivity index (χ2n) is 5.48. The van der Waals surface area contributed by atoms with Gasteiger partial charge in [0.2, 0.25) is 10.0 Å². The summed E-state index contributed by atoms with van der Waals surface area (Å²) >= 11 is 0. The lowest BCUT2D eigenvalue weighted by atomic mass is 9.99. The van der Waals surface area contributed by atoms with Crippen LogP contribution in [0.4, 0.5) is 0 Å². The van der Waals surface area contributed by atoms with Gasteiger partial charge in [-0.3, -0.25) is 0 Å². The van der Waals surface area contributed by atoms with E-state index in [4.69, 9.17) is 10.5 Å². The van der Waals surface area contributed by atoms with E-state index < -0.39 is 16.0 Å². The number of carbonyl (C=O) groups excluding carboxylic acids is 1. The predicted molar refractivity (Wildman–Crippen MR) is 91.0 cm³/mol. The van der Waals surface area contributed by atoms with Gasteiger partial charge in [0, 0.05) is 13.1 Å². The molecular weight excluding hydrogens is 340 g/mol. The normalized spacial score (nSPS) is 16.6. The van der Waals surface area contributed by atoms with Gasteiger partial charge in [0.05, 0.1) is 18.4 Å². The molecule has 0 aromatic heterocycles. The van der Waals surface area contributed by atoms with E-state index in [1.807, 2.05) is 0 Å². The van der Waals surface area contributed by atoms with Gasteiger partial charge < -0.3 is 10.5 Å². The van der Waals surface area contributed by atoms with Crippen LogP contribution in [-0.2, 0) is 20.5 Å². The fraction of sp³-hybridized carbons (Fsp3) is 0.533. The molecule has 0 atom stereocenters. The van der Waals surface area contributed by atoms with Crippen LogP contribution >= 0.6 is 12.4 Å². The van der Waals surface area contributed by atoms with Gasteiger partial charge in [-0.2, -0.15) is 0 Å². The molecule has 0 amide bonds. The highest BCUT2D eigenvalue weighted by Crippen LogP contribution is 2.22. The molecule has 8 heteroatoms. The molecule has 23 heavy (non-hydrogen) atoms. The first-order chi connectivity index (χ1) is 10.5. The Hall–Kier alpha value is -1.15. The van der Waals surface area contributed by atoms with E-state index in [9.17, 15) is 13.2 Å². The second-order valence-corrected chi connectivity index (χ2v) is 7.45. The third kappa shape index (κ3) is 4.91. The smallest absolute Gasteiger partial charge is 0.338 e. The van der Waals surface area contributed by atoms with Gasteiger partial charge in [0.25, 0.3) is 0 Å². The van der Waals surface area contributed by atoms with Crippen molar-refractivity contribution >= 4 is 28.4 Å². The van der Waals surface area contributed by atoms with Crippen LogP contribution in [0.15, 0.2) is 24.3 Å². The lowest BCUT2D eigenvalue weighted by Gasteiger charge is -2.30. The molecule has 6 nitrogen and oxygen atoms in total. The Labute approximate surface area is 143 Å². The first-order valence-electron chi connectivity index (χ1n) is 7.32. The Kier molecular flexibility index (Phi) is 7.47. The quantitative estimate of drug-likeness (QED) is 0.799. The van der Waals surface area contributed by atoms with E-state index in [0.29, 0.717) is 36.7 Å². The highest BCUT2D eigenvalue weighted by molar-refractivity contribution is 7.88. The minimum Gasteiger partial charge on any atom is -0.465 e. The molecule has 130 valence electrons. The third-order valence-electron chi connectivity index (χ3n) is 4.06. The zero-order chi connectivity index (χ0) is 16.2. The number of carbonyl (C=O) groups is 1. The van der Waals surface area contributed by atoms with Crippen LogP contribution in [0, 0.1) is 5.92 Å². The zero-order valence-electron chi connectivity index (χ0n) is 13.1. The number of hydrogen-bond acceptors (Lipinski definition) is 5. The van der Waals surface area contributed by atoms with Gasteiger partial charge in [-0.15, -0.1) is 12.4 Å². The standard InChI is InChI=1S/C15H22N2O4S.ClH/c1-21-15(18)14-5-3-2-4-13(14)11-22(19,20)17-8-6-12(10-16)7-9-17;/h2-5,12H,6-11,16H2,1H3;1H. The Morgan fingerprint density at radius 1 is 1.30 bits per heavy atom. The monoisotopic (exact) mass is 362 g/mol. The van der Waals surface area contributed by atoms with Gasteiger partial charge >= 0.3 is 5.97 Å². The summed E-state index contributed by atoms with van der Waals surface area (Å²) < 4.78 is 31.3. The summed E-state index contributed by atoms with van der Waals surface area (Å²) in [4.78, 5) is 11.7. The number of nitrogens with two attached hydrogens (primary N) is 1. The molecule has 1 saturated heterocycles. The van der Waals surface area contributed by atoms with Gasteiger partial charge in [-0.05, 0) is 36.9 Å². The second kappa shape index (κ2) is 8.63. The Balaban J connectivity index is 0.00000264. The molecule has 0 aliphatic carbocycles. The van der Waals surface area contributed by atoms with Crippen LogP contribution < -0.4 is 5.73 Å². The fourth-order valence-electron chi connectivity index (χ4n) is 2.67. The van der Waals surface area contributed by atoms with Crippen molar-refractivity contribution in [2.75, 3.05) is 26.7 Å². The number of nitrogens with zero attached hydrogens (tertiary/aromatic N) is 1. The van der Waals surface area contributed by atoms with E-state index >= 15 is 0 Å². The number of hydrogen-bond donors (Lipinski definition) is 1. The number of methoxy groups -OCH3 is 1. The van der Waals surface area contributed by atoms with Crippen LogP contribution in [0.1, 0.15) is 28.8 Å². The molecule has 1 aromatic carbocycles. The van der Waals surface area contributed by atoms with Crippen molar-refractivity contribution in [1.29, 1.82) is 0 Å². The SMILES string of the molecule is COC(=O)c1ccccc1CS(=O)(=O)N1CCC(CN)CC1.Cl. The van der Waals surface area contributed by atoms with Crippen molar-refractivity contribution in [1.82, 2.24) is 4.31 Å². The molecule has 2 rings (SSSR count). The summed E-state index contributed by atoms with van der Waals surface area (Å²) in [5.41, 5.74) is 6.39. The summed E-state index contributed by atoms with van der Waals surface area (Å²) in [7, 11) is -2.16. The van der Waals surface area contributed by atoms with Gasteiger partial charge in [0.15, 0.2) is 0 Å². The topological polar surface area (TPSA) is 89.7 Å². The molecule has 2 N–H and O–H groups in total. The van der Waals surface area contributed by atoms with Crippen molar-refractivity contribution in [3.63, 3.8) is 0 Å². The average molecular weight is 363 g/mol. The lowest BCUT2D eigenvalue weighted by Crippen LogP contribution is -2.40. The summed E-state index contributed by atoms with van der Waals surface area (Å²) in [6, 6.07) is 6.64. The van der Waals surface area contributed by atoms with Crippen molar-refractivity contribution in [3.05, 3.63) is 35.4 Å². The van der Waals surface area contributed by atoms with E-state index in [0.717, 1.165) is 12.8 Å². The molecule has 0 unspecified atom stereocenters. The van der Waals surface area contributed by atoms with E-state index in [1.165, 1.54) is 11.4 Å². The first-order valence-corrected chi connectivity index (χ1v) is 8.93. The van der Waals surface area contributed by atoms with Crippen LogP contribution in [0.5, 0.6) is 0 Å². The fourth-order valence-corrected chi connectivity index (χ4v) is 4.26. The van der Waals surface area contributed by atoms with Crippen molar-refractivity contribution in [2.45, 2.75) is 18.6 Å². The van der Waals surface area contributed by atoms with Crippen LogP contribution in [0.25, 0.3) is 0 Å². The van der Waals surface area contributed by atoms with Crippen molar-refractivity contribution < 1.29 is 17.9 Å². The highest BCUT2D eigenvalue weighted by Gasteiger charge is 2.28. The molecule has 1 heterocycles. The number of rotatable bonds is 5. The predicted octanol–water partition coefficient (Wildman–Crippen LogP) is 1.40. The van der Waals surface area contributed by atoms with Crippen molar-refractivity contribution in [3.8, 4) is 0 Å². The third-order valence-corrected chi connectivity index (χ3v) is 5.89. The molecule has 1 aliphatic rings. The lowest BCUT2D eigenvalue weighted by molar-refractivity contribution is 0.0600. The maximum atomic E-state index is 12.6.